The molecule has 1 aromatic heterocycles. The van der Waals surface area contributed by atoms with Crippen molar-refractivity contribution in [1.82, 2.24) is 4.90 Å². The molecule has 136 valence electrons. The van der Waals surface area contributed by atoms with Crippen molar-refractivity contribution in [2.24, 2.45) is 11.8 Å². The van der Waals surface area contributed by atoms with Gasteiger partial charge in [-0.1, -0.05) is 31.2 Å². The number of carbonyl (C=O) groups excluding carboxylic acids is 2. The number of piperidine rings is 1. The largest absolute Gasteiger partial charge is 0.481 e. The van der Waals surface area contributed by atoms with Gasteiger partial charge >= 0.3 is 5.97 Å². The maximum absolute atomic E-state index is 12.7. The first-order chi connectivity index (χ1) is 12.3. The van der Waals surface area contributed by atoms with Gasteiger partial charge in [0.2, 0.25) is 0 Å². The minimum absolute atomic E-state index is 0.0148. The molecular weight excluding hydrogens is 334 g/mol. The third-order valence-electron chi connectivity index (χ3n) is 4.69. The summed E-state index contributed by atoms with van der Waals surface area (Å²) < 4.78 is 5.69. The van der Waals surface area contributed by atoms with Gasteiger partial charge < -0.3 is 14.4 Å². The molecule has 1 aliphatic rings. The maximum Gasteiger partial charge on any atom is 0.308 e. The van der Waals surface area contributed by atoms with Gasteiger partial charge in [0.25, 0.3) is 5.91 Å². The molecule has 1 amide bonds. The molecule has 0 spiro atoms. The fourth-order valence-electron chi connectivity index (χ4n) is 3.33. The molecule has 0 aliphatic carbocycles. The normalized spacial score (nSPS) is 20.0. The van der Waals surface area contributed by atoms with E-state index in [-0.39, 0.29) is 29.9 Å². The van der Waals surface area contributed by atoms with Crippen LogP contribution in [0.1, 0.15) is 41.2 Å². The molecule has 2 atom stereocenters. The summed E-state index contributed by atoms with van der Waals surface area (Å²) in [5.74, 6) is -0.885. The molecule has 1 N–H and O–H groups in total. The second kappa shape index (κ2) is 7.15. The van der Waals surface area contributed by atoms with Crippen LogP contribution >= 0.6 is 0 Å². The molecule has 2 unspecified atom stereocenters. The van der Waals surface area contributed by atoms with Crippen LogP contribution in [0.2, 0.25) is 0 Å². The van der Waals surface area contributed by atoms with Crippen LogP contribution in [0, 0.1) is 11.8 Å². The number of Topliss-reactive ketones (excluding diaryl/α,β-unsaturated/α-hetero) is 1. The van der Waals surface area contributed by atoms with Gasteiger partial charge in [0.05, 0.1) is 5.92 Å². The fourth-order valence-corrected chi connectivity index (χ4v) is 3.33. The van der Waals surface area contributed by atoms with Gasteiger partial charge in [0.15, 0.2) is 11.5 Å². The Kier molecular flexibility index (Phi) is 4.93. The Hall–Kier alpha value is -2.89. The van der Waals surface area contributed by atoms with Gasteiger partial charge in [-0.25, -0.2) is 0 Å². The average molecular weight is 355 g/mol. The zero-order chi connectivity index (χ0) is 18.8. The highest BCUT2D eigenvalue weighted by atomic mass is 16.4. The van der Waals surface area contributed by atoms with Crippen LogP contribution in [0.15, 0.2) is 40.8 Å². The molecular formula is C20H21NO5. The Labute approximate surface area is 151 Å². The second-order valence-electron chi connectivity index (χ2n) is 6.88. The summed E-state index contributed by atoms with van der Waals surface area (Å²) in [5, 5.41) is 9.25. The number of ketones is 1. The van der Waals surface area contributed by atoms with Crippen molar-refractivity contribution in [3.63, 3.8) is 0 Å². The molecule has 6 heteroatoms. The molecule has 1 fully saturated rings. The lowest BCUT2D eigenvalue weighted by molar-refractivity contribution is -0.143. The summed E-state index contributed by atoms with van der Waals surface area (Å²) in [6, 6.07) is 10.3. The number of hydrogen-bond donors (Lipinski definition) is 1. The summed E-state index contributed by atoms with van der Waals surface area (Å²) in [7, 11) is 0. The first kappa shape index (κ1) is 17.9. The highest BCUT2D eigenvalue weighted by molar-refractivity contribution is 5.94. The third kappa shape index (κ3) is 3.69. The van der Waals surface area contributed by atoms with E-state index in [1.807, 2.05) is 6.92 Å². The Morgan fingerprint density at radius 1 is 1.08 bits per heavy atom. The molecule has 2 heterocycles. The number of carboxylic acid groups (broad SMARTS) is 1. The lowest BCUT2D eigenvalue weighted by Crippen LogP contribution is -2.45. The summed E-state index contributed by atoms with van der Waals surface area (Å²) >= 11 is 0. The van der Waals surface area contributed by atoms with E-state index in [4.69, 9.17) is 4.42 Å². The lowest BCUT2D eigenvalue weighted by atomic mass is 9.90. The SMILES string of the molecule is CC(=O)c1ccc(-c2ccc(C(=O)N3CC(C)CC(C(=O)O)C3)o2)cc1. The van der Waals surface area contributed by atoms with Crippen molar-refractivity contribution in [3.8, 4) is 11.3 Å². The van der Waals surface area contributed by atoms with Gasteiger partial charge in [-0.05, 0) is 31.4 Å². The van der Waals surface area contributed by atoms with E-state index in [2.05, 4.69) is 0 Å². The average Bonchev–Trinajstić information content (AvgIpc) is 3.10. The summed E-state index contributed by atoms with van der Waals surface area (Å²) in [4.78, 5) is 36.9. The van der Waals surface area contributed by atoms with Crippen molar-refractivity contribution in [2.75, 3.05) is 13.1 Å². The fraction of sp³-hybridized carbons (Fsp3) is 0.350. The third-order valence-corrected chi connectivity index (χ3v) is 4.69. The molecule has 1 aliphatic heterocycles. The number of carboxylic acids is 1. The molecule has 3 rings (SSSR count). The minimum atomic E-state index is -0.875. The van der Waals surface area contributed by atoms with Gasteiger partial charge in [0.1, 0.15) is 5.76 Å². The first-order valence-corrected chi connectivity index (χ1v) is 8.58. The van der Waals surface area contributed by atoms with Gasteiger partial charge in [-0.15, -0.1) is 0 Å². The Bertz CT molecular complexity index is 836. The van der Waals surface area contributed by atoms with Gasteiger partial charge in [-0.2, -0.15) is 0 Å². The van der Waals surface area contributed by atoms with Gasteiger partial charge in [-0.3, -0.25) is 14.4 Å². The van der Waals surface area contributed by atoms with E-state index in [1.165, 1.54) is 6.92 Å². The predicted octanol–water partition coefficient (Wildman–Crippen LogP) is 3.33. The van der Waals surface area contributed by atoms with Crippen molar-refractivity contribution < 1.29 is 23.9 Å². The van der Waals surface area contributed by atoms with Crippen LogP contribution in [0.5, 0.6) is 0 Å². The van der Waals surface area contributed by atoms with Crippen LogP contribution in [0.25, 0.3) is 11.3 Å². The number of rotatable bonds is 4. The van der Waals surface area contributed by atoms with E-state index in [1.54, 1.807) is 41.3 Å². The number of benzene rings is 1. The van der Waals surface area contributed by atoms with E-state index in [9.17, 15) is 19.5 Å². The molecule has 2 aromatic rings. The van der Waals surface area contributed by atoms with Gasteiger partial charge in [0, 0.05) is 24.2 Å². The summed E-state index contributed by atoms with van der Waals surface area (Å²) in [5.41, 5.74) is 1.38. The molecule has 26 heavy (non-hydrogen) atoms. The number of likely N-dealkylation sites (tertiary alicyclic amines) is 1. The van der Waals surface area contributed by atoms with Crippen molar-refractivity contribution in [1.29, 1.82) is 0 Å². The predicted molar refractivity (Wildman–Crippen MR) is 95.0 cm³/mol. The summed E-state index contributed by atoms with van der Waals surface area (Å²) in [6.07, 6.45) is 0.574. The quantitative estimate of drug-likeness (QED) is 0.850. The van der Waals surface area contributed by atoms with Crippen LogP contribution in [0.3, 0.4) is 0 Å². The van der Waals surface area contributed by atoms with Crippen molar-refractivity contribution in [3.05, 3.63) is 47.7 Å². The van der Waals surface area contributed by atoms with Crippen molar-refractivity contribution in [2.45, 2.75) is 20.3 Å². The summed E-state index contributed by atoms with van der Waals surface area (Å²) in [6.45, 7) is 4.16. The topological polar surface area (TPSA) is 87.8 Å². The molecule has 0 bridgehead atoms. The Balaban J connectivity index is 1.77. The van der Waals surface area contributed by atoms with E-state index < -0.39 is 11.9 Å². The number of amides is 1. The molecule has 6 nitrogen and oxygen atoms in total. The number of furan rings is 1. The minimum Gasteiger partial charge on any atom is -0.481 e. The number of aliphatic carboxylic acids is 1. The van der Waals surface area contributed by atoms with E-state index in [0.29, 0.717) is 24.3 Å². The highest BCUT2D eigenvalue weighted by Crippen LogP contribution is 2.26. The Morgan fingerprint density at radius 2 is 1.77 bits per heavy atom. The molecule has 0 saturated carbocycles. The van der Waals surface area contributed by atoms with Crippen LogP contribution in [-0.2, 0) is 4.79 Å². The zero-order valence-electron chi connectivity index (χ0n) is 14.8. The number of hydrogen-bond acceptors (Lipinski definition) is 4. The Morgan fingerprint density at radius 3 is 2.38 bits per heavy atom. The number of carbonyl (C=O) groups is 3. The maximum atomic E-state index is 12.7. The van der Waals surface area contributed by atoms with Crippen LogP contribution in [0.4, 0.5) is 0 Å². The standard InChI is InChI=1S/C20H21NO5/c1-12-9-16(20(24)25)11-21(10-12)19(23)18-8-7-17(26-18)15-5-3-14(4-6-15)13(2)22/h3-8,12,16H,9-11H2,1-2H3,(H,24,25). The van der Waals surface area contributed by atoms with Crippen LogP contribution < -0.4 is 0 Å². The zero-order valence-corrected chi connectivity index (χ0v) is 14.8. The first-order valence-electron chi connectivity index (χ1n) is 8.58. The molecule has 1 saturated heterocycles. The van der Waals surface area contributed by atoms with E-state index >= 15 is 0 Å². The smallest absolute Gasteiger partial charge is 0.308 e. The monoisotopic (exact) mass is 355 g/mol. The highest BCUT2D eigenvalue weighted by Gasteiger charge is 2.33. The van der Waals surface area contributed by atoms with E-state index in [0.717, 1.165) is 5.56 Å². The van der Waals surface area contributed by atoms with Crippen molar-refractivity contribution >= 4 is 17.7 Å². The number of nitrogens with zero attached hydrogens (tertiary/aromatic N) is 1. The molecule has 0 radical (unpaired) electrons. The molecule has 1 aromatic carbocycles. The second-order valence-corrected chi connectivity index (χ2v) is 6.88. The lowest BCUT2D eigenvalue weighted by Gasteiger charge is -2.34. The van der Waals surface area contributed by atoms with Crippen LogP contribution in [-0.4, -0.2) is 40.8 Å².